The summed E-state index contributed by atoms with van der Waals surface area (Å²) in [4.78, 5) is 11.1. The van der Waals surface area contributed by atoms with Crippen molar-refractivity contribution in [2.45, 2.75) is 47.0 Å². The normalized spacial score (nSPS) is 11.8. The van der Waals surface area contributed by atoms with Gasteiger partial charge < -0.3 is 4.74 Å². The minimum absolute atomic E-state index is 0.281. The minimum atomic E-state index is -0.281. The quantitative estimate of drug-likeness (QED) is 0.373. The number of carbonyl (C=O) groups excluding carboxylic acids is 1. The van der Waals surface area contributed by atoms with Crippen molar-refractivity contribution in [1.29, 1.82) is 0 Å². The fourth-order valence-corrected chi connectivity index (χ4v) is 1.28. The summed E-state index contributed by atoms with van der Waals surface area (Å²) in [5.41, 5.74) is 1.83. The second-order valence-corrected chi connectivity index (χ2v) is 4.67. The number of rotatable bonds is 7. The number of hydrogen-bond donors (Lipinski definition) is 0. The van der Waals surface area contributed by atoms with Crippen molar-refractivity contribution in [3.8, 4) is 0 Å². The zero-order chi connectivity index (χ0) is 12.6. The van der Waals surface area contributed by atoms with Crippen LogP contribution in [0.15, 0.2) is 23.8 Å². The Bertz CT molecular complexity index is 260. The molecule has 0 radical (unpaired) electrons. The van der Waals surface area contributed by atoms with Crippen LogP contribution in [0.5, 0.6) is 0 Å². The second-order valence-electron chi connectivity index (χ2n) is 4.67. The van der Waals surface area contributed by atoms with Crippen LogP contribution in [0.4, 0.5) is 0 Å². The summed E-state index contributed by atoms with van der Waals surface area (Å²) in [6.45, 7) is 12.1. The van der Waals surface area contributed by atoms with Gasteiger partial charge in [-0.1, -0.05) is 25.2 Å². The molecule has 0 aliphatic rings. The molecule has 0 aliphatic heterocycles. The van der Waals surface area contributed by atoms with Gasteiger partial charge in [-0.3, -0.25) is 0 Å². The minimum Gasteiger partial charge on any atom is -0.462 e. The fourth-order valence-electron chi connectivity index (χ4n) is 1.28. The molecule has 0 N–H and O–H groups in total. The molecular formula is C14H24O2. The van der Waals surface area contributed by atoms with Crippen molar-refractivity contribution in [1.82, 2.24) is 0 Å². The van der Waals surface area contributed by atoms with E-state index in [0.29, 0.717) is 18.1 Å². The molecule has 1 atom stereocenters. The predicted octanol–water partition coefficient (Wildman–Crippen LogP) is 3.88. The van der Waals surface area contributed by atoms with Gasteiger partial charge >= 0.3 is 5.97 Å². The van der Waals surface area contributed by atoms with E-state index in [2.05, 4.69) is 33.4 Å². The summed E-state index contributed by atoms with van der Waals surface area (Å²) in [6.07, 6.45) is 5.43. The van der Waals surface area contributed by atoms with Crippen molar-refractivity contribution in [2.75, 3.05) is 6.61 Å². The molecule has 0 aromatic rings. The third-order valence-corrected chi connectivity index (χ3v) is 2.40. The Kier molecular flexibility index (Phi) is 7.61. The molecular weight excluding hydrogens is 200 g/mol. The van der Waals surface area contributed by atoms with Crippen molar-refractivity contribution >= 4 is 5.97 Å². The lowest BCUT2D eigenvalue weighted by Crippen LogP contribution is -2.08. The maximum Gasteiger partial charge on any atom is 0.333 e. The first kappa shape index (κ1) is 14.9. The van der Waals surface area contributed by atoms with E-state index in [4.69, 9.17) is 4.74 Å². The fraction of sp³-hybridized carbons (Fsp3) is 0.643. The molecule has 0 aromatic heterocycles. The van der Waals surface area contributed by atoms with E-state index in [1.807, 2.05) is 0 Å². The summed E-state index contributed by atoms with van der Waals surface area (Å²) in [7, 11) is 0. The summed E-state index contributed by atoms with van der Waals surface area (Å²) in [5.74, 6) is 0.310. The van der Waals surface area contributed by atoms with E-state index in [-0.39, 0.29) is 5.97 Å². The Morgan fingerprint density at radius 2 is 1.94 bits per heavy atom. The van der Waals surface area contributed by atoms with E-state index >= 15 is 0 Å². The van der Waals surface area contributed by atoms with Crippen LogP contribution in [0.3, 0.4) is 0 Å². The summed E-state index contributed by atoms with van der Waals surface area (Å²) in [6, 6.07) is 0. The van der Waals surface area contributed by atoms with Crippen molar-refractivity contribution < 1.29 is 9.53 Å². The zero-order valence-electron chi connectivity index (χ0n) is 11.0. The Labute approximate surface area is 99.4 Å². The Morgan fingerprint density at radius 3 is 2.44 bits per heavy atom. The number of hydrogen-bond acceptors (Lipinski definition) is 2. The first-order valence-corrected chi connectivity index (χ1v) is 5.89. The molecule has 0 saturated heterocycles. The molecule has 0 spiro atoms. The summed E-state index contributed by atoms with van der Waals surface area (Å²) in [5, 5.41) is 0. The number of allylic oxidation sites excluding steroid dienone is 2. The molecule has 0 amide bonds. The highest BCUT2D eigenvalue weighted by molar-refractivity contribution is 5.86. The highest BCUT2D eigenvalue weighted by Crippen LogP contribution is 2.12. The van der Waals surface area contributed by atoms with Gasteiger partial charge in [0.05, 0.1) is 6.61 Å². The lowest BCUT2D eigenvalue weighted by atomic mass is 10.0. The van der Waals surface area contributed by atoms with Gasteiger partial charge in [0, 0.05) is 5.57 Å². The molecule has 16 heavy (non-hydrogen) atoms. The summed E-state index contributed by atoms with van der Waals surface area (Å²) < 4.78 is 5.05. The maximum atomic E-state index is 11.1. The lowest BCUT2D eigenvalue weighted by molar-refractivity contribution is -0.139. The largest absolute Gasteiger partial charge is 0.462 e. The molecule has 0 heterocycles. The standard InChI is InChI=1S/C14H24O2/c1-11(2)7-6-8-13(5)9-10-16-14(15)12(3)4/h7,13H,3,6,8-10H2,1-2,4-5H3/t13-/m1/s1. The van der Waals surface area contributed by atoms with Gasteiger partial charge in [-0.15, -0.1) is 0 Å². The molecule has 0 fully saturated rings. The molecule has 92 valence electrons. The Morgan fingerprint density at radius 1 is 1.31 bits per heavy atom. The Balaban J connectivity index is 3.58. The van der Waals surface area contributed by atoms with Crippen LogP contribution in [0, 0.1) is 5.92 Å². The van der Waals surface area contributed by atoms with Crippen LogP contribution < -0.4 is 0 Å². The third kappa shape index (κ3) is 8.27. The average molecular weight is 224 g/mol. The third-order valence-electron chi connectivity index (χ3n) is 2.40. The van der Waals surface area contributed by atoms with E-state index in [1.54, 1.807) is 6.92 Å². The summed E-state index contributed by atoms with van der Waals surface area (Å²) >= 11 is 0. The molecule has 0 bridgehead atoms. The average Bonchev–Trinajstić information content (AvgIpc) is 2.16. The van der Waals surface area contributed by atoms with Crippen LogP contribution in [0.2, 0.25) is 0 Å². The van der Waals surface area contributed by atoms with Gasteiger partial charge in [0.15, 0.2) is 0 Å². The highest BCUT2D eigenvalue weighted by atomic mass is 16.5. The van der Waals surface area contributed by atoms with Crippen LogP contribution in [0.1, 0.15) is 47.0 Å². The first-order chi connectivity index (χ1) is 7.43. The number of esters is 1. The van der Waals surface area contributed by atoms with Gasteiger partial charge in [0.2, 0.25) is 0 Å². The lowest BCUT2D eigenvalue weighted by Gasteiger charge is -2.10. The van der Waals surface area contributed by atoms with Gasteiger partial charge in [-0.05, 0) is 46.0 Å². The molecule has 0 aromatic carbocycles. The highest BCUT2D eigenvalue weighted by Gasteiger charge is 2.05. The maximum absolute atomic E-state index is 11.1. The number of ether oxygens (including phenoxy) is 1. The predicted molar refractivity (Wildman–Crippen MR) is 68.2 cm³/mol. The van der Waals surface area contributed by atoms with E-state index in [9.17, 15) is 4.79 Å². The topological polar surface area (TPSA) is 26.3 Å². The van der Waals surface area contributed by atoms with Crippen LogP contribution >= 0.6 is 0 Å². The van der Waals surface area contributed by atoms with E-state index in [0.717, 1.165) is 19.3 Å². The van der Waals surface area contributed by atoms with Crippen molar-refractivity contribution in [3.63, 3.8) is 0 Å². The van der Waals surface area contributed by atoms with Crippen molar-refractivity contribution in [2.24, 2.45) is 5.92 Å². The van der Waals surface area contributed by atoms with Crippen LogP contribution in [-0.4, -0.2) is 12.6 Å². The molecule has 0 aliphatic carbocycles. The van der Waals surface area contributed by atoms with Gasteiger partial charge in [0.25, 0.3) is 0 Å². The smallest absolute Gasteiger partial charge is 0.333 e. The molecule has 2 nitrogen and oxygen atoms in total. The SMILES string of the molecule is C=C(C)C(=O)OCC[C@H](C)CCC=C(C)C. The zero-order valence-corrected chi connectivity index (χ0v) is 11.0. The van der Waals surface area contributed by atoms with Crippen LogP contribution in [-0.2, 0) is 9.53 Å². The molecule has 0 unspecified atom stereocenters. The number of carbonyl (C=O) groups is 1. The van der Waals surface area contributed by atoms with Gasteiger partial charge in [-0.2, -0.15) is 0 Å². The van der Waals surface area contributed by atoms with E-state index in [1.165, 1.54) is 5.57 Å². The Hall–Kier alpha value is -1.05. The molecule has 2 heteroatoms. The van der Waals surface area contributed by atoms with Crippen LogP contribution in [0.25, 0.3) is 0 Å². The monoisotopic (exact) mass is 224 g/mol. The molecule has 0 saturated carbocycles. The van der Waals surface area contributed by atoms with E-state index < -0.39 is 0 Å². The van der Waals surface area contributed by atoms with Crippen molar-refractivity contribution in [3.05, 3.63) is 23.8 Å². The molecule has 0 rings (SSSR count). The van der Waals surface area contributed by atoms with Gasteiger partial charge in [0.1, 0.15) is 0 Å². The van der Waals surface area contributed by atoms with Gasteiger partial charge in [-0.25, -0.2) is 4.79 Å². The first-order valence-electron chi connectivity index (χ1n) is 5.89. The second kappa shape index (κ2) is 8.14.